The van der Waals surface area contributed by atoms with Crippen molar-refractivity contribution >= 4 is 76.7 Å². The van der Waals surface area contributed by atoms with E-state index in [1.807, 2.05) is 0 Å². The Kier molecular flexibility index (Phi) is 6.04. The number of fused-ring (bicyclic) bond motifs is 16. The molecular weight excluding hydrogens is 625 g/mol. The largest absolute Gasteiger partial charge is 0.457 e. The standard InChI is InChI=1S/C46H38N4O/c1-45(2,3)35-15-11-13-31-29-23-21-27(25-33(29)43-47-37-17-7-9-19-39(37)49(43)41(31)35)51-28-22-24-30-32-14-12-16-36(46(4,5)6)42(32)50-40-20-10-8-18-38(40)48-44(50)34(30)26-28/h7-26H,1-6H3. The van der Waals surface area contributed by atoms with Gasteiger partial charge >= 0.3 is 0 Å². The third kappa shape index (κ3) is 4.34. The van der Waals surface area contributed by atoms with Crippen LogP contribution in [0.2, 0.25) is 0 Å². The Morgan fingerprint density at radius 3 is 1.29 bits per heavy atom. The first kappa shape index (κ1) is 29.9. The van der Waals surface area contributed by atoms with Gasteiger partial charge in [0.1, 0.15) is 22.8 Å². The number of benzene rings is 6. The Hall–Kier alpha value is -5.94. The number of hydrogen-bond acceptors (Lipinski definition) is 3. The third-order valence-electron chi connectivity index (χ3n) is 10.5. The highest BCUT2D eigenvalue weighted by Gasteiger charge is 2.24. The van der Waals surface area contributed by atoms with Crippen molar-refractivity contribution in [2.45, 2.75) is 52.4 Å². The summed E-state index contributed by atoms with van der Waals surface area (Å²) < 4.78 is 11.4. The molecule has 0 radical (unpaired) electrons. The lowest BCUT2D eigenvalue weighted by atomic mass is 9.84. The van der Waals surface area contributed by atoms with Gasteiger partial charge in [-0.05, 0) is 93.4 Å². The number of para-hydroxylation sites is 6. The second-order valence-corrected chi connectivity index (χ2v) is 15.9. The van der Waals surface area contributed by atoms with Crippen molar-refractivity contribution < 1.29 is 4.74 Å². The normalized spacial score (nSPS) is 12.9. The first-order valence-corrected chi connectivity index (χ1v) is 17.8. The summed E-state index contributed by atoms with van der Waals surface area (Å²) in [5.41, 5.74) is 11.0. The fourth-order valence-corrected chi connectivity index (χ4v) is 8.23. The Morgan fingerprint density at radius 2 is 0.863 bits per heavy atom. The third-order valence-corrected chi connectivity index (χ3v) is 10.5. The van der Waals surface area contributed by atoms with Gasteiger partial charge in [-0.2, -0.15) is 0 Å². The first-order valence-electron chi connectivity index (χ1n) is 17.8. The summed E-state index contributed by atoms with van der Waals surface area (Å²) in [4.78, 5) is 10.4. The van der Waals surface area contributed by atoms with Crippen molar-refractivity contribution in [3.05, 3.63) is 132 Å². The quantitative estimate of drug-likeness (QED) is 0.173. The molecule has 0 N–H and O–H groups in total. The van der Waals surface area contributed by atoms with Gasteiger partial charge in [-0.15, -0.1) is 0 Å². The highest BCUT2D eigenvalue weighted by molar-refractivity contribution is 6.16. The molecule has 0 aliphatic carbocycles. The highest BCUT2D eigenvalue weighted by atomic mass is 16.5. The maximum atomic E-state index is 6.75. The second-order valence-electron chi connectivity index (χ2n) is 15.9. The maximum Gasteiger partial charge on any atom is 0.146 e. The van der Waals surface area contributed by atoms with Gasteiger partial charge in [0.05, 0.1) is 33.1 Å². The summed E-state index contributed by atoms with van der Waals surface area (Å²) in [6.45, 7) is 13.7. The fraction of sp³-hybridized carbons (Fsp3) is 0.174. The molecule has 0 aliphatic heterocycles. The van der Waals surface area contributed by atoms with Crippen molar-refractivity contribution in [1.82, 2.24) is 18.8 Å². The lowest BCUT2D eigenvalue weighted by Crippen LogP contribution is -2.13. The number of rotatable bonds is 2. The molecule has 0 aliphatic rings. The zero-order valence-corrected chi connectivity index (χ0v) is 29.7. The molecule has 0 bridgehead atoms. The Morgan fingerprint density at radius 1 is 0.431 bits per heavy atom. The molecule has 5 heteroatoms. The van der Waals surface area contributed by atoms with Crippen LogP contribution in [0.15, 0.2) is 121 Å². The van der Waals surface area contributed by atoms with Crippen molar-refractivity contribution in [3.63, 3.8) is 0 Å². The molecule has 0 saturated carbocycles. The van der Waals surface area contributed by atoms with Crippen LogP contribution in [0.5, 0.6) is 11.5 Å². The van der Waals surface area contributed by atoms with Crippen LogP contribution in [0.25, 0.3) is 76.7 Å². The second kappa shape index (κ2) is 10.3. The van der Waals surface area contributed by atoms with Crippen LogP contribution in [-0.2, 0) is 10.8 Å². The zero-order valence-electron chi connectivity index (χ0n) is 29.7. The minimum absolute atomic E-state index is 0.0453. The van der Waals surface area contributed by atoms with Gasteiger partial charge in [0.25, 0.3) is 0 Å². The first-order chi connectivity index (χ1) is 24.6. The van der Waals surface area contributed by atoms with E-state index >= 15 is 0 Å². The molecule has 0 amide bonds. The van der Waals surface area contributed by atoms with E-state index in [4.69, 9.17) is 14.7 Å². The van der Waals surface area contributed by atoms with Gasteiger partial charge < -0.3 is 4.74 Å². The predicted octanol–water partition coefficient (Wildman–Crippen LogP) is 12.3. The number of nitrogens with zero attached hydrogens (tertiary/aromatic N) is 4. The minimum Gasteiger partial charge on any atom is -0.457 e. The van der Waals surface area contributed by atoms with E-state index in [0.717, 1.165) is 66.4 Å². The number of hydrogen-bond donors (Lipinski definition) is 0. The molecule has 0 atom stereocenters. The minimum atomic E-state index is -0.0453. The summed E-state index contributed by atoms with van der Waals surface area (Å²) in [7, 11) is 0. The van der Waals surface area contributed by atoms with Crippen LogP contribution in [0.1, 0.15) is 52.7 Å². The summed E-state index contributed by atoms with van der Waals surface area (Å²) in [6.07, 6.45) is 0. The molecule has 10 aromatic rings. The summed E-state index contributed by atoms with van der Waals surface area (Å²) >= 11 is 0. The SMILES string of the molecule is CC(C)(C)c1cccc2c3ccc(Oc4ccc5c(c4)c4nc6ccccc6n4c4c(C(C)(C)C)cccc54)cc3c3nc4ccccc4n3c12. The van der Waals surface area contributed by atoms with Crippen LogP contribution in [0, 0.1) is 0 Å². The van der Waals surface area contributed by atoms with Crippen molar-refractivity contribution in [3.8, 4) is 11.5 Å². The highest BCUT2D eigenvalue weighted by Crippen LogP contribution is 2.42. The van der Waals surface area contributed by atoms with E-state index in [-0.39, 0.29) is 10.8 Å². The van der Waals surface area contributed by atoms with E-state index in [9.17, 15) is 0 Å². The van der Waals surface area contributed by atoms with E-state index in [0.29, 0.717) is 0 Å². The zero-order chi connectivity index (χ0) is 34.8. The van der Waals surface area contributed by atoms with Crippen LogP contribution >= 0.6 is 0 Å². The number of pyridine rings is 2. The van der Waals surface area contributed by atoms with Crippen molar-refractivity contribution in [2.75, 3.05) is 0 Å². The van der Waals surface area contributed by atoms with E-state index in [2.05, 4.69) is 172 Å². The number of aromatic nitrogens is 4. The average Bonchev–Trinajstić information content (AvgIpc) is 3.70. The average molecular weight is 663 g/mol. The topological polar surface area (TPSA) is 43.8 Å². The van der Waals surface area contributed by atoms with Crippen LogP contribution < -0.4 is 4.74 Å². The lowest BCUT2D eigenvalue weighted by molar-refractivity contribution is 0.484. The van der Waals surface area contributed by atoms with E-state index < -0.39 is 0 Å². The number of ether oxygens (including phenoxy) is 1. The van der Waals surface area contributed by atoms with Crippen LogP contribution in [0.3, 0.4) is 0 Å². The van der Waals surface area contributed by atoms with Crippen molar-refractivity contribution in [1.29, 1.82) is 0 Å². The van der Waals surface area contributed by atoms with Gasteiger partial charge in [-0.25, -0.2) is 9.97 Å². The molecular formula is C46H38N4O. The molecule has 248 valence electrons. The molecule has 0 unspecified atom stereocenters. The molecule has 0 spiro atoms. The fourth-order valence-electron chi connectivity index (χ4n) is 8.23. The molecule has 10 rings (SSSR count). The Bertz CT molecular complexity index is 2870. The smallest absolute Gasteiger partial charge is 0.146 e. The molecule has 4 aromatic heterocycles. The predicted molar refractivity (Wildman–Crippen MR) is 213 cm³/mol. The van der Waals surface area contributed by atoms with Gasteiger partial charge in [-0.1, -0.05) is 102 Å². The van der Waals surface area contributed by atoms with E-state index in [1.54, 1.807) is 0 Å². The lowest BCUT2D eigenvalue weighted by Gasteiger charge is -2.23. The van der Waals surface area contributed by atoms with Gasteiger partial charge in [0.2, 0.25) is 0 Å². The maximum absolute atomic E-state index is 6.75. The van der Waals surface area contributed by atoms with Crippen LogP contribution in [0.4, 0.5) is 0 Å². The molecule has 5 nitrogen and oxygen atoms in total. The van der Waals surface area contributed by atoms with Gasteiger partial charge in [-0.3, -0.25) is 8.80 Å². The van der Waals surface area contributed by atoms with Crippen LogP contribution in [-0.4, -0.2) is 18.8 Å². The van der Waals surface area contributed by atoms with Crippen molar-refractivity contribution in [2.24, 2.45) is 0 Å². The molecule has 4 heterocycles. The van der Waals surface area contributed by atoms with E-state index in [1.165, 1.54) is 32.9 Å². The Labute approximate surface area is 295 Å². The summed E-state index contributed by atoms with van der Waals surface area (Å²) in [5, 5.41) is 6.87. The monoisotopic (exact) mass is 662 g/mol. The van der Waals surface area contributed by atoms with Gasteiger partial charge in [0.15, 0.2) is 0 Å². The summed E-state index contributed by atoms with van der Waals surface area (Å²) in [6, 6.07) is 43.1. The molecule has 51 heavy (non-hydrogen) atoms. The van der Waals surface area contributed by atoms with Gasteiger partial charge in [0, 0.05) is 21.5 Å². The molecule has 6 aromatic carbocycles. The molecule has 0 saturated heterocycles. The Balaban J connectivity index is 1.21. The summed E-state index contributed by atoms with van der Waals surface area (Å²) in [5.74, 6) is 1.53. The molecule has 0 fully saturated rings. The number of imidazole rings is 2.